The van der Waals surface area contributed by atoms with Crippen molar-refractivity contribution in [1.29, 1.82) is 0 Å². The quantitative estimate of drug-likeness (QED) is 0.603. The van der Waals surface area contributed by atoms with Crippen LogP contribution in [0.25, 0.3) is 0 Å². The number of nitrogens with one attached hydrogen (secondary N) is 1. The summed E-state index contributed by atoms with van der Waals surface area (Å²) in [6, 6.07) is 17.8. The van der Waals surface area contributed by atoms with Gasteiger partial charge in [-0.25, -0.2) is 0 Å². The first-order valence-corrected chi connectivity index (χ1v) is 11.6. The zero-order valence-electron chi connectivity index (χ0n) is 18.0. The lowest BCUT2D eigenvalue weighted by Crippen LogP contribution is -2.54. The molecule has 4 aliphatic carbocycles. The third kappa shape index (κ3) is 4.10. The van der Waals surface area contributed by atoms with Crippen molar-refractivity contribution in [2.24, 2.45) is 23.2 Å². The van der Waals surface area contributed by atoms with Crippen LogP contribution in [0.4, 0.5) is 0 Å². The third-order valence-corrected chi connectivity index (χ3v) is 8.03. The van der Waals surface area contributed by atoms with Crippen LogP contribution in [0, 0.1) is 30.1 Å². The lowest BCUT2D eigenvalue weighted by Gasteiger charge is -2.59. The standard InChI is InChI=1S/C27H35NO/c1-19-4-3-5-22(10-19)18-29-26-8-6-21(7-9-26)17-28-20(2)27-14-23-11-24(15-27)13-25(12-23)16-27/h3-10,20,23-25,28H,11-18H2,1-2H3. The van der Waals surface area contributed by atoms with Gasteiger partial charge >= 0.3 is 0 Å². The molecular formula is C27H35NO. The Morgan fingerprint density at radius 1 is 0.931 bits per heavy atom. The van der Waals surface area contributed by atoms with Crippen LogP contribution in [0.1, 0.15) is 62.1 Å². The van der Waals surface area contributed by atoms with E-state index >= 15 is 0 Å². The zero-order valence-corrected chi connectivity index (χ0v) is 18.0. The fourth-order valence-corrected chi connectivity index (χ4v) is 6.87. The highest BCUT2D eigenvalue weighted by Gasteiger charge is 2.52. The lowest BCUT2D eigenvalue weighted by molar-refractivity contribution is -0.0706. The van der Waals surface area contributed by atoms with Crippen molar-refractivity contribution in [2.75, 3.05) is 0 Å². The summed E-state index contributed by atoms with van der Waals surface area (Å²) in [6.07, 6.45) is 8.98. The molecule has 0 aromatic heterocycles. The number of ether oxygens (including phenoxy) is 1. The maximum atomic E-state index is 5.97. The lowest BCUT2D eigenvalue weighted by atomic mass is 9.48. The molecule has 0 amide bonds. The summed E-state index contributed by atoms with van der Waals surface area (Å²) < 4.78 is 5.97. The molecule has 4 bridgehead atoms. The van der Waals surface area contributed by atoms with Crippen molar-refractivity contribution in [1.82, 2.24) is 5.32 Å². The smallest absolute Gasteiger partial charge is 0.119 e. The first-order chi connectivity index (χ1) is 14.1. The molecule has 2 nitrogen and oxygen atoms in total. The first kappa shape index (κ1) is 19.2. The van der Waals surface area contributed by atoms with Gasteiger partial charge < -0.3 is 10.1 Å². The van der Waals surface area contributed by atoms with Gasteiger partial charge in [-0.2, -0.15) is 0 Å². The van der Waals surface area contributed by atoms with Crippen LogP contribution in [0.5, 0.6) is 5.75 Å². The Hall–Kier alpha value is -1.80. The second-order valence-electron chi connectivity index (χ2n) is 10.3. The van der Waals surface area contributed by atoms with Crippen molar-refractivity contribution in [3.8, 4) is 5.75 Å². The molecule has 29 heavy (non-hydrogen) atoms. The topological polar surface area (TPSA) is 21.3 Å². The first-order valence-electron chi connectivity index (χ1n) is 11.6. The highest BCUT2D eigenvalue weighted by molar-refractivity contribution is 5.28. The highest BCUT2D eigenvalue weighted by Crippen LogP contribution is 2.61. The molecule has 0 aliphatic heterocycles. The van der Waals surface area contributed by atoms with E-state index in [1.165, 1.54) is 55.2 Å². The van der Waals surface area contributed by atoms with Gasteiger partial charge in [-0.15, -0.1) is 0 Å². The minimum atomic E-state index is 0.575. The molecule has 2 aromatic carbocycles. The summed E-state index contributed by atoms with van der Waals surface area (Å²) in [6.45, 7) is 6.16. The maximum absolute atomic E-state index is 5.97. The van der Waals surface area contributed by atoms with Gasteiger partial charge in [0, 0.05) is 12.6 Å². The zero-order chi connectivity index (χ0) is 19.8. The molecule has 0 spiro atoms. The summed E-state index contributed by atoms with van der Waals surface area (Å²) in [4.78, 5) is 0. The Kier molecular flexibility index (Phi) is 5.16. The molecule has 0 radical (unpaired) electrons. The maximum Gasteiger partial charge on any atom is 0.119 e. The van der Waals surface area contributed by atoms with E-state index in [1.807, 2.05) is 0 Å². The second-order valence-corrected chi connectivity index (χ2v) is 10.3. The number of hydrogen-bond donors (Lipinski definition) is 1. The van der Waals surface area contributed by atoms with Gasteiger partial charge in [0.2, 0.25) is 0 Å². The van der Waals surface area contributed by atoms with Crippen LogP contribution in [-0.4, -0.2) is 6.04 Å². The molecule has 2 aromatic rings. The van der Waals surface area contributed by atoms with Crippen LogP contribution in [0.15, 0.2) is 48.5 Å². The Morgan fingerprint density at radius 2 is 1.59 bits per heavy atom. The molecule has 6 rings (SSSR count). The Morgan fingerprint density at radius 3 is 2.21 bits per heavy atom. The fraction of sp³-hybridized carbons (Fsp3) is 0.556. The molecule has 4 fully saturated rings. The average Bonchev–Trinajstić information content (AvgIpc) is 2.70. The van der Waals surface area contributed by atoms with Gasteiger partial charge in [-0.1, -0.05) is 42.0 Å². The van der Waals surface area contributed by atoms with Crippen molar-refractivity contribution < 1.29 is 4.74 Å². The van der Waals surface area contributed by atoms with Gasteiger partial charge in [0.25, 0.3) is 0 Å². The molecule has 0 heterocycles. The Bertz CT molecular complexity index is 805. The molecule has 154 valence electrons. The summed E-state index contributed by atoms with van der Waals surface area (Å²) in [5.74, 6) is 4.02. The van der Waals surface area contributed by atoms with Crippen molar-refractivity contribution in [3.05, 3.63) is 65.2 Å². The summed E-state index contributed by atoms with van der Waals surface area (Å²) in [5.41, 5.74) is 4.43. The number of aryl methyl sites for hydroxylation is 1. The normalized spacial score (nSPS) is 31.0. The predicted molar refractivity (Wildman–Crippen MR) is 119 cm³/mol. The summed E-state index contributed by atoms with van der Waals surface area (Å²) in [7, 11) is 0. The largest absolute Gasteiger partial charge is 0.489 e. The molecular weight excluding hydrogens is 354 g/mol. The van der Waals surface area contributed by atoms with Gasteiger partial charge in [0.15, 0.2) is 0 Å². The molecule has 4 aliphatic rings. The summed E-state index contributed by atoms with van der Waals surface area (Å²) in [5, 5.41) is 3.90. The average molecular weight is 390 g/mol. The van der Waals surface area contributed by atoms with Crippen molar-refractivity contribution in [3.63, 3.8) is 0 Å². The number of hydrogen-bond acceptors (Lipinski definition) is 2. The predicted octanol–water partition coefficient (Wildman–Crippen LogP) is 6.27. The Balaban J connectivity index is 1.14. The summed E-state index contributed by atoms with van der Waals surface area (Å²) >= 11 is 0. The van der Waals surface area contributed by atoms with E-state index in [0.717, 1.165) is 30.0 Å². The van der Waals surface area contributed by atoms with E-state index < -0.39 is 0 Å². The molecule has 0 saturated heterocycles. The third-order valence-electron chi connectivity index (χ3n) is 8.03. The minimum absolute atomic E-state index is 0.575. The number of benzene rings is 2. The second kappa shape index (κ2) is 7.80. The van der Waals surface area contributed by atoms with Gasteiger partial charge in [-0.3, -0.25) is 0 Å². The van der Waals surface area contributed by atoms with E-state index in [1.54, 1.807) is 0 Å². The van der Waals surface area contributed by atoms with E-state index in [-0.39, 0.29) is 0 Å². The van der Waals surface area contributed by atoms with Crippen molar-refractivity contribution >= 4 is 0 Å². The van der Waals surface area contributed by atoms with Crippen LogP contribution in [0.3, 0.4) is 0 Å². The van der Waals surface area contributed by atoms with Crippen LogP contribution in [-0.2, 0) is 13.2 Å². The van der Waals surface area contributed by atoms with E-state index in [9.17, 15) is 0 Å². The molecule has 1 unspecified atom stereocenters. The van der Waals surface area contributed by atoms with Gasteiger partial charge in [0.1, 0.15) is 12.4 Å². The molecule has 4 saturated carbocycles. The monoisotopic (exact) mass is 389 g/mol. The van der Waals surface area contributed by atoms with Gasteiger partial charge in [0.05, 0.1) is 0 Å². The molecule has 2 heteroatoms. The fourth-order valence-electron chi connectivity index (χ4n) is 6.87. The Labute approximate surface area is 176 Å². The van der Waals surface area contributed by atoms with Gasteiger partial charge in [-0.05, 0) is 98.8 Å². The highest BCUT2D eigenvalue weighted by atomic mass is 16.5. The van der Waals surface area contributed by atoms with E-state index in [2.05, 4.69) is 67.7 Å². The van der Waals surface area contributed by atoms with Crippen molar-refractivity contribution in [2.45, 2.75) is 71.6 Å². The van der Waals surface area contributed by atoms with Crippen LogP contribution < -0.4 is 10.1 Å². The SMILES string of the molecule is Cc1cccc(COc2ccc(CNC(C)C34CC5CC(CC(C5)C3)C4)cc2)c1. The molecule has 1 atom stereocenters. The van der Waals surface area contributed by atoms with Crippen LogP contribution in [0.2, 0.25) is 0 Å². The number of rotatable bonds is 7. The van der Waals surface area contributed by atoms with E-state index in [0.29, 0.717) is 18.1 Å². The van der Waals surface area contributed by atoms with E-state index in [4.69, 9.17) is 4.74 Å². The minimum Gasteiger partial charge on any atom is -0.489 e. The van der Waals surface area contributed by atoms with Crippen LogP contribution >= 0.6 is 0 Å². The molecule has 1 N–H and O–H groups in total.